The van der Waals surface area contributed by atoms with Gasteiger partial charge in [-0.1, -0.05) is 31.0 Å². The van der Waals surface area contributed by atoms with Gasteiger partial charge in [0.2, 0.25) is 5.91 Å². The van der Waals surface area contributed by atoms with E-state index in [1.165, 1.54) is 24.9 Å². The average molecular weight is 315 g/mol. The van der Waals surface area contributed by atoms with E-state index >= 15 is 0 Å². The first kappa shape index (κ1) is 16.3. The van der Waals surface area contributed by atoms with Crippen LogP contribution in [-0.2, 0) is 4.79 Å². The zero-order valence-corrected chi connectivity index (χ0v) is 14.3. The number of anilines is 1. The van der Waals surface area contributed by atoms with Gasteiger partial charge in [0.1, 0.15) is 0 Å². The molecule has 0 radical (unpaired) electrons. The van der Waals surface area contributed by atoms with Crippen molar-refractivity contribution in [2.75, 3.05) is 44.7 Å². The first-order valence-corrected chi connectivity index (χ1v) is 9.05. The number of amides is 1. The summed E-state index contributed by atoms with van der Waals surface area (Å²) < 4.78 is 0. The molecule has 0 N–H and O–H groups in total. The standard InChI is InChI=1S/C19H29N3O/c1-20-12-7-3-6-11-18(20)19(23)22-14-8-13-21(15-16-22)17-9-4-2-5-10-17/h2,4-5,9-10,18H,3,6-8,11-16H2,1H3/t18-/m0/s1. The van der Waals surface area contributed by atoms with Gasteiger partial charge in [0.15, 0.2) is 0 Å². The van der Waals surface area contributed by atoms with E-state index in [9.17, 15) is 4.79 Å². The summed E-state index contributed by atoms with van der Waals surface area (Å²) >= 11 is 0. The van der Waals surface area contributed by atoms with Crippen LogP contribution in [0.1, 0.15) is 32.1 Å². The first-order valence-electron chi connectivity index (χ1n) is 9.05. The van der Waals surface area contributed by atoms with E-state index in [1.54, 1.807) is 0 Å². The summed E-state index contributed by atoms with van der Waals surface area (Å²) in [5.74, 6) is 0.351. The van der Waals surface area contributed by atoms with Gasteiger partial charge in [-0.15, -0.1) is 0 Å². The van der Waals surface area contributed by atoms with Crippen LogP contribution >= 0.6 is 0 Å². The highest BCUT2D eigenvalue weighted by Gasteiger charge is 2.29. The van der Waals surface area contributed by atoms with Crippen LogP contribution in [0.25, 0.3) is 0 Å². The molecule has 0 unspecified atom stereocenters. The van der Waals surface area contributed by atoms with Gasteiger partial charge >= 0.3 is 0 Å². The summed E-state index contributed by atoms with van der Waals surface area (Å²) in [6.07, 6.45) is 5.74. The summed E-state index contributed by atoms with van der Waals surface area (Å²) in [6.45, 7) is 4.77. The zero-order chi connectivity index (χ0) is 16.1. The lowest BCUT2D eigenvalue weighted by Crippen LogP contribution is -2.48. The molecule has 2 aliphatic heterocycles. The highest BCUT2D eigenvalue weighted by Crippen LogP contribution is 2.20. The Morgan fingerprint density at radius 3 is 2.57 bits per heavy atom. The number of carbonyl (C=O) groups is 1. The second-order valence-corrected chi connectivity index (χ2v) is 6.85. The van der Waals surface area contributed by atoms with E-state index in [4.69, 9.17) is 0 Å². The number of hydrogen-bond donors (Lipinski definition) is 0. The van der Waals surface area contributed by atoms with Gasteiger partial charge in [-0.2, -0.15) is 0 Å². The minimum Gasteiger partial charge on any atom is -0.370 e. The van der Waals surface area contributed by atoms with E-state index in [1.807, 2.05) is 0 Å². The van der Waals surface area contributed by atoms with Gasteiger partial charge in [0.25, 0.3) is 0 Å². The lowest BCUT2D eigenvalue weighted by Gasteiger charge is -2.31. The number of likely N-dealkylation sites (N-methyl/N-ethyl adjacent to an activating group) is 1. The molecule has 0 bridgehead atoms. The Labute approximate surface area is 140 Å². The van der Waals surface area contributed by atoms with Crippen molar-refractivity contribution >= 4 is 11.6 Å². The first-order chi connectivity index (χ1) is 11.3. The fourth-order valence-corrected chi connectivity index (χ4v) is 3.81. The molecule has 1 aromatic carbocycles. The maximum atomic E-state index is 13.0. The molecule has 23 heavy (non-hydrogen) atoms. The maximum absolute atomic E-state index is 13.0. The molecule has 4 heteroatoms. The molecule has 0 aromatic heterocycles. The SMILES string of the molecule is CN1CCCCC[C@H]1C(=O)N1CCCN(c2ccccc2)CC1. The Hall–Kier alpha value is -1.55. The molecular formula is C19H29N3O. The highest BCUT2D eigenvalue weighted by molar-refractivity contribution is 5.82. The predicted molar refractivity (Wildman–Crippen MR) is 94.7 cm³/mol. The zero-order valence-electron chi connectivity index (χ0n) is 14.3. The van der Waals surface area contributed by atoms with E-state index in [-0.39, 0.29) is 6.04 Å². The second-order valence-electron chi connectivity index (χ2n) is 6.85. The lowest BCUT2D eigenvalue weighted by atomic mass is 10.1. The molecule has 2 fully saturated rings. The smallest absolute Gasteiger partial charge is 0.239 e. The second kappa shape index (κ2) is 7.82. The molecule has 0 spiro atoms. The molecule has 4 nitrogen and oxygen atoms in total. The molecule has 126 valence electrons. The Kier molecular flexibility index (Phi) is 5.55. The van der Waals surface area contributed by atoms with E-state index in [0.717, 1.165) is 45.6 Å². The Morgan fingerprint density at radius 2 is 1.74 bits per heavy atom. The third kappa shape index (κ3) is 4.05. The fraction of sp³-hybridized carbons (Fsp3) is 0.632. The third-order valence-corrected chi connectivity index (χ3v) is 5.23. The predicted octanol–water partition coefficient (Wildman–Crippen LogP) is 2.60. The monoisotopic (exact) mass is 315 g/mol. The third-order valence-electron chi connectivity index (χ3n) is 5.23. The molecule has 1 atom stereocenters. The average Bonchev–Trinajstić information content (AvgIpc) is 2.95. The van der Waals surface area contributed by atoms with E-state index < -0.39 is 0 Å². The molecular weight excluding hydrogens is 286 g/mol. The van der Waals surface area contributed by atoms with Crippen molar-refractivity contribution in [3.63, 3.8) is 0 Å². The van der Waals surface area contributed by atoms with Crippen LogP contribution in [0.5, 0.6) is 0 Å². The van der Waals surface area contributed by atoms with Crippen molar-refractivity contribution in [2.45, 2.75) is 38.1 Å². The van der Waals surface area contributed by atoms with E-state index in [2.05, 4.69) is 52.1 Å². The normalized spacial score (nSPS) is 24.1. The van der Waals surface area contributed by atoms with Crippen LogP contribution < -0.4 is 4.90 Å². The molecule has 3 rings (SSSR count). The minimum atomic E-state index is 0.0979. The van der Waals surface area contributed by atoms with Gasteiger partial charge in [-0.25, -0.2) is 0 Å². The van der Waals surface area contributed by atoms with Crippen LogP contribution in [0.4, 0.5) is 5.69 Å². The minimum absolute atomic E-state index is 0.0979. The fourth-order valence-electron chi connectivity index (χ4n) is 3.81. The number of nitrogens with zero attached hydrogens (tertiary/aromatic N) is 3. The molecule has 2 aliphatic rings. The summed E-state index contributed by atoms with van der Waals surface area (Å²) in [5.41, 5.74) is 1.27. The van der Waals surface area contributed by atoms with Gasteiger partial charge in [0.05, 0.1) is 6.04 Å². The van der Waals surface area contributed by atoms with Crippen molar-refractivity contribution < 1.29 is 4.79 Å². The van der Waals surface area contributed by atoms with Crippen LogP contribution in [-0.4, -0.2) is 61.5 Å². The quantitative estimate of drug-likeness (QED) is 0.839. The van der Waals surface area contributed by atoms with Crippen LogP contribution in [0, 0.1) is 0 Å². The van der Waals surface area contributed by atoms with Crippen molar-refractivity contribution in [3.05, 3.63) is 30.3 Å². The Balaban J connectivity index is 1.62. The number of benzene rings is 1. The number of para-hydroxylation sites is 1. The molecule has 2 saturated heterocycles. The summed E-state index contributed by atoms with van der Waals surface area (Å²) in [4.78, 5) is 19.8. The van der Waals surface area contributed by atoms with Crippen molar-refractivity contribution in [3.8, 4) is 0 Å². The number of hydrogen-bond acceptors (Lipinski definition) is 3. The molecule has 0 aliphatic carbocycles. The summed E-state index contributed by atoms with van der Waals surface area (Å²) in [6, 6.07) is 10.7. The molecule has 1 aromatic rings. The van der Waals surface area contributed by atoms with Gasteiger partial charge in [-0.05, 0) is 45.0 Å². The van der Waals surface area contributed by atoms with Gasteiger partial charge < -0.3 is 9.80 Å². The van der Waals surface area contributed by atoms with Gasteiger partial charge in [-0.3, -0.25) is 9.69 Å². The van der Waals surface area contributed by atoms with Crippen molar-refractivity contribution in [1.29, 1.82) is 0 Å². The lowest BCUT2D eigenvalue weighted by molar-refractivity contribution is -0.136. The molecule has 2 heterocycles. The van der Waals surface area contributed by atoms with E-state index in [0.29, 0.717) is 5.91 Å². The number of carbonyl (C=O) groups excluding carboxylic acids is 1. The van der Waals surface area contributed by atoms with Gasteiger partial charge in [0, 0.05) is 31.9 Å². The number of likely N-dealkylation sites (tertiary alicyclic amines) is 1. The highest BCUT2D eigenvalue weighted by atomic mass is 16.2. The largest absolute Gasteiger partial charge is 0.370 e. The van der Waals surface area contributed by atoms with Crippen molar-refractivity contribution in [2.24, 2.45) is 0 Å². The summed E-state index contributed by atoms with van der Waals surface area (Å²) in [5, 5.41) is 0. The molecule has 1 amide bonds. The molecule has 0 saturated carbocycles. The number of rotatable bonds is 2. The van der Waals surface area contributed by atoms with Crippen LogP contribution in [0.2, 0.25) is 0 Å². The maximum Gasteiger partial charge on any atom is 0.239 e. The van der Waals surface area contributed by atoms with Crippen LogP contribution in [0.15, 0.2) is 30.3 Å². The topological polar surface area (TPSA) is 26.8 Å². The Morgan fingerprint density at radius 1 is 0.913 bits per heavy atom. The van der Waals surface area contributed by atoms with Crippen LogP contribution in [0.3, 0.4) is 0 Å². The summed E-state index contributed by atoms with van der Waals surface area (Å²) in [7, 11) is 2.11. The Bertz CT molecular complexity index is 505. The van der Waals surface area contributed by atoms with Crippen molar-refractivity contribution in [1.82, 2.24) is 9.80 Å².